The summed E-state index contributed by atoms with van der Waals surface area (Å²) in [6.45, 7) is 0.591. The van der Waals surface area contributed by atoms with Gasteiger partial charge in [0.25, 0.3) is 11.8 Å². The van der Waals surface area contributed by atoms with E-state index in [9.17, 15) is 18.8 Å². The number of nitrogens with zero attached hydrogens (tertiary/aromatic N) is 2. The van der Waals surface area contributed by atoms with Crippen LogP contribution in [0.25, 0.3) is 0 Å². The zero-order valence-electron chi connectivity index (χ0n) is 15.1. The van der Waals surface area contributed by atoms with Crippen molar-refractivity contribution >= 4 is 17.7 Å². The second-order valence-electron chi connectivity index (χ2n) is 6.87. The molecule has 7 heteroatoms. The molecule has 2 aliphatic heterocycles. The van der Waals surface area contributed by atoms with Gasteiger partial charge in [-0.1, -0.05) is 24.3 Å². The lowest BCUT2D eigenvalue weighted by molar-refractivity contribution is -0.133. The van der Waals surface area contributed by atoms with Gasteiger partial charge in [-0.25, -0.2) is 4.39 Å². The number of hydrogen-bond donors (Lipinski definition) is 0. The standard InChI is InChI=1S/C21H19FN2O4/c22-17-7-3-4-8-18(17)28-14-9-11-23(12-10-14)19(25)13-24-20(26)15-5-1-2-6-16(15)21(24)27/h1-8,14H,9-13H2. The molecule has 0 aromatic heterocycles. The first kappa shape index (κ1) is 18.2. The van der Waals surface area contributed by atoms with Crippen LogP contribution in [0.5, 0.6) is 5.75 Å². The molecule has 2 aromatic rings. The third kappa shape index (κ3) is 3.35. The highest BCUT2D eigenvalue weighted by molar-refractivity contribution is 6.22. The summed E-state index contributed by atoms with van der Waals surface area (Å²) in [6.07, 6.45) is 0.935. The average molecular weight is 382 g/mol. The maximum absolute atomic E-state index is 13.7. The van der Waals surface area contributed by atoms with Gasteiger partial charge in [0.15, 0.2) is 11.6 Å². The zero-order valence-corrected chi connectivity index (χ0v) is 15.1. The third-order valence-corrected chi connectivity index (χ3v) is 5.10. The Balaban J connectivity index is 1.33. The molecule has 0 bridgehead atoms. The Morgan fingerprint density at radius 1 is 0.964 bits per heavy atom. The topological polar surface area (TPSA) is 66.9 Å². The van der Waals surface area contributed by atoms with Crippen LogP contribution in [0.4, 0.5) is 4.39 Å². The molecular formula is C21H19FN2O4. The Labute approximate surface area is 161 Å². The number of carbonyl (C=O) groups is 3. The fourth-order valence-corrected chi connectivity index (χ4v) is 3.56. The van der Waals surface area contributed by atoms with Crippen molar-refractivity contribution in [3.05, 3.63) is 65.5 Å². The van der Waals surface area contributed by atoms with Crippen molar-refractivity contribution in [3.63, 3.8) is 0 Å². The predicted octanol–water partition coefficient (Wildman–Crippen LogP) is 2.49. The highest BCUT2D eigenvalue weighted by Gasteiger charge is 2.37. The van der Waals surface area contributed by atoms with Gasteiger partial charge < -0.3 is 9.64 Å². The van der Waals surface area contributed by atoms with Gasteiger partial charge in [0.1, 0.15) is 12.6 Å². The molecule has 2 aliphatic rings. The Kier molecular flexibility index (Phi) is 4.81. The summed E-state index contributed by atoms with van der Waals surface area (Å²) in [4.78, 5) is 40.0. The molecule has 0 saturated carbocycles. The molecule has 0 N–H and O–H groups in total. The van der Waals surface area contributed by atoms with Crippen molar-refractivity contribution in [3.8, 4) is 5.75 Å². The summed E-state index contributed by atoms with van der Waals surface area (Å²) >= 11 is 0. The van der Waals surface area contributed by atoms with Crippen LogP contribution in [0.15, 0.2) is 48.5 Å². The van der Waals surface area contributed by atoms with Gasteiger partial charge in [0.2, 0.25) is 5.91 Å². The fourth-order valence-electron chi connectivity index (χ4n) is 3.56. The van der Waals surface area contributed by atoms with Gasteiger partial charge in [-0.05, 0) is 24.3 Å². The summed E-state index contributed by atoms with van der Waals surface area (Å²) in [7, 11) is 0. The van der Waals surface area contributed by atoms with E-state index in [2.05, 4.69) is 0 Å². The minimum absolute atomic E-state index is 0.180. The highest BCUT2D eigenvalue weighted by atomic mass is 19.1. The van der Waals surface area contributed by atoms with Crippen LogP contribution in [-0.4, -0.2) is 53.3 Å². The minimum Gasteiger partial charge on any atom is -0.487 e. The molecule has 2 heterocycles. The smallest absolute Gasteiger partial charge is 0.262 e. The van der Waals surface area contributed by atoms with Crippen molar-refractivity contribution in [2.24, 2.45) is 0 Å². The maximum atomic E-state index is 13.7. The van der Waals surface area contributed by atoms with Crippen molar-refractivity contribution in [2.45, 2.75) is 18.9 Å². The molecule has 4 rings (SSSR count). The van der Waals surface area contributed by atoms with Crippen LogP contribution in [-0.2, 0) is 4.79 Å². The minimum atomic E-state index is -0.438. The van der Waals surface area contributed by atoms with Crippen LogP contribution >= 0.6 is 0 Å². The molecule has 144 valence electrons. The SMILES string of the molecule is O=C(CN1C(=O)c2ccccc2C1=O)N1CCC(Oc2ccccc2F)CC1. The molecule has 3 amide bonds. The lowest BCUT2D eigenvalue weighted by Gasteiger charge is -2.33. The van der Waals surface area contributed by atoms with Crippen molar-refractivity contribution < 1.29 is 23.5 Å². The summed E-state index contributed by atoms with van der Waals surface area (Å²) in [5, 5.41) is 0. The fraction of sp³-hybridized carbons (Fsp3) is 0.286. The largest absolute Gasteiger partial charge is 0.487 e. The number of fused-ring (bicyclic) bond motifs is 1. The van der Waals surface area contributed by atoms with Crippen molar-refractivity contribution in [1.29, 1.82) is 0 Å². The first-order valence-electron chi connectivity index (χ1n) is 9.19. The van der Waals surface area contributed by atoms with E-state index in [1.165, 1.54) is 6.07 Å². The lowest BCUT2D eigenvalue weighted by atomic mass is 10.1. The number of halogens is 1. The van der Waals surface area contributed by atoms with Gasteiger partial charge in [-0.3, -0.25) is 19.3 Å². The molecule has 0 unspecified atom stereocenters. The molecule has 28 heavy (non-hydrogen) atoms. The number of benzene rings is 2. The number of hydrogen-bond acceptors (Lipinski definition) is 4. The Hall–Kier alpha value is -3.22. The summed E-state index contributed by atoms with van der Waals surface area (Å²) in [5.74, 6) is -1.36. The Bertz CT molecular complexity index is 903. The molecule has 1 fully saturated rings. The average Bonchev–Trinajstić information content (AvgIpc) is 2.95. The molecule has 6 nitrogen and oxygen atoms in total. The highest BCUT2D eigenvalue weighted by Crippen LogP contribution is 2.24. The Morgan fingerprint density at radius 2 is 1.54 bits per heavy atom. The van der Waals surface area contributed by atoms with Crippen LogP contribution in [0, 0.1) is 5.82 Å². The number of amides is 3. The van der Waals surface area contributed by atoms with Crippen molar-refractivity contribution in [2.75, 3.05) is 19.6 Å². The number of piperidine rings is 1. The van der Waals surface area contributed by atoms with Gasteiger partial charge in [0.05, 0.1) is 11.1 Å². The normalized spacial score (nSPS) is 17.0. The maximum Gasteiger partial charge on any atom is 0.262 e. The first-order valence-corrected chi connectivity index (χ1v) is 9.19. The second kappa shape index (κ2) is 7.42. The van der Waals surface area contributed by atoms with E-state index in [-0.39, 0.29) is 24.3 Å². The van der Waals surface area contributed by atoms with E-state index in [4.69, 9.17) is 4.74 Å². The number of ether oxygens (including phenoxy) is 1. The van der Waals surface area contributed by atoms with Crippen LogP contribution < -0.4 is 4.74 Å². The van der Waals surface area contributed by atoms with Crippen molar-refractivity contribution in [1.82, 2.24) is 9.80 Å². The summed E-state index contributed by atoms with van der Waals surface area (Å²) < 4.78 is 19.4. The zero-order chi connectivity index (χ0) is 19.7. The lowest BCUT2D eigenvalue weighted by Crippen LogP contribution is -2.47. The first-order chi connectivity index (χ1) is 13.5. The summed E-state index contributed by atoms with van der Waals surface area (Å²) in [6, 6.07) is 12.8. The van der Waals surface area contributed by atoms with Crippen LogP contribution in [0.3, 0.4) is 0 Å². The van der Waals surface area contributed by atoms with Crippen LogP contribution in [0.2, 0.25) is 0 Å². The molecular weight excluding hydrogens is 363 g/mol. The quantitative estimate of drug-likeness (QED) is 0.762. The van der Waals surface area contributed by atoms with E-state index < -0.39 is 17.6 Å². The third-order valence-electron chi connectivity index (χ3n) is 5.10. The number of para-hydroxylation sites is 1. The van der Waals surface area contributed by atoms with E-state index in [1.807, 2.05) is 0 Å². The van der Waals surface area contributed by atoms with E-state index in [1.54, 1.807) is 47.4 Å². The second-order valence-corrected chi connectivity index (χ2v) is 6.87. The summed E-state index contributed by atoms with van der Waals surface area (Å²) in [5.41, 5.74) is 0.662. The van der Waals surface area contributed by atoms with E-state index in [0.29, 0.717) is 37.1 Å². The Morgan fingerprint density at radius 3 is 2.14 bits per heavy atom. The number of rotatable bonds is 4. The van der Waals surface area contributed by atoms with E-state index >= 15 is 0 Å². The van der Waals surface area contributed by atoms with E-state index in [0.717, 1.165) is 4.90 Å². The monoisotopic (exact) mass is 382 g/mol. The van der Waals surface area contributed by atoms with Gasteiger partial charge in [0, 0.05) is 25.9 Å². The number of imide groups is 1. The van der Waals surface area contributed by atoms with Crippen LogP contribution in [0.1, 0.15) is 33.6 Å². The molecule has 0 spiro atoms. The molecule has 0 aliphatic carbocycles. The number of likely N-dealkylation sites (tertiary alicyclic amines) is 1. The number of carbonyl (C=O) groups excluding carboxylic acids is 3. The molecule has 0 radical (unpaired) electrons. The predicted molar refractivity (Wildman–Crippen MR) is 98.4 cm³/mol. The van der Waals surface area contributed by atoms with Gasteiger partial charge in [-0.2, -0.15) is 0 Å². The van der Waals surface area contributed by atoms with Gasteiger partial charge in [-0.15, -0.1) is 0 Å². The molecule has 1 saturated heterocycles. The molecule has 0 atom stereocenters. The molecule has 2 aromatic carbocycles. The van der Waals surface area contributed by atoms with Gasteiger partial charge >= 0.3 is 0 Å².